The van der Waals surface area contributed by atoms with Crippen molar-refractivity contribution in [3.63, 3.8) is 0 Å². The monoisotopic (exact) mass is 323 g/mol. The molecule has 0 aliphatic heterocycles. The first-order valence-corrected chi connectivity index (χ1v) is 6.63. The number of nitrogen functional groups attached to an aromatic ring is 1. The third-order valence-corrected chi connectivity index (χ3v) is 3.29. The molecule has 2 rings (SSSR count). The summed E-state index contributed by atoms with van der Waals surface area (Å²) in [7, 11) is 0. The van der Waals surface area contributed by atoms with E-state index in [0.29, 0.717) is 24.4 Å². The number of hydrogen-bond donors (Lipinski definition) is 1. The Morgan fingerprint density at radius 3 is 3.00 bits per heavy atom. The van der Waals surface area contributed by atoms with Crippen LogP contribution in [0.5, 0.6) is 0 Å². The van der Waals surface area contributed by atoms with E-state index >= 15 is 0 Å². The molecule has 2 N–H and O–H groups in total. The van der Waals surface area contributed by atoms with Crippen LogP contribution in [0.1, 0.15) is 22.8 Å². The van der Waals surface area contributed by atoms with Gasteiger partial charge in [0.15, 0.2) is 0 Å². The quantitative estimate of drug-likeness (QED) is 0.693. The van der Waals surface area contributed by atoms with Crippen molar-refractivity contribution < 1.29 is 9.53 Å². The van der Waals surface area contributed by atoms with E-state index < -0.39 is 0 Å². The number of esters is 1. The Balaban J connectivity index is 2.13. The fourth-order valence-corrected chi connectivity index (χ4v) is 2.16. The molecule has 0 radical (unpaired) electrons. The number of halogens is 1. The second kappa shape index (κ2) is 5.88. The van der Waals surface area contributed by atoms with Gasteiger partial charge in [0, 0.05) is 16.4 Å². The van der Waals surface area contributed by atoms with Gasteiger partial charge in [0.2, 0.25) is 0 Å². The summed E-state index contributed by atoms with van der Waals surface area (Å²) in [5.74, 6) is -0.356. The number of anilines is 1. The molecule has 0 aliphatic carbocycles. The zero-order valence-corrected chi connectivity index (χ0v) is 12.1. The summed E-state index contributed by atoms with van der Waals surface area (Å²) >= 11 is 3.45. The van der Waals surface area contributed by atoms with Gasteiger partial charge in [0.1, 0.15) is 0 Å². The van der Waals surface area contributed by atoms with E-state index in [4.69, 9.17) is 10.5 Å². The molecule has 0 unspecified atom stereocenters. The van der Waals surface area contributed by atoms with Crippen molar-refractivity contribution in [3.05, 3.63) is 46.2 Å². The highest BCUT2D eigenvalue weighted by Gasteiger charge is 2.10. The Hall–Kier alpha value is -1.82. The van der Waals surface area contributed by atoms with Crippen molar-refractivity contribution in [3.8, 4) is 0 Å². The summed E-state index contributed by atoms with van der Waals surface area (Å²) in [6, 6.07) is 5.59. The highest BCUT2D eigenvalue weighted by Crippen LogP contribution is 2.20. The summed E-state index contributed by atoms with van der Waals surface area (Å²) in [6.07, 6.45) is 3.17. The van der Waals surface area contributed by atoms with E-state index in [9.17, 15) is 4.79 Å². The lowest BCUT2D eigenvalue weighted by molar-refractivity contribution is 0.0526. The van der Waals surface area contributed by atoms with Crippen molar-refractivity contribution in [2.24, 2.45) is 0 Å². The largest absolute Gasteiger partial charge is 0.462 e. The maximum Gasteiger partial charge on any atom is 0.341 e. The van der Waals surface area contributed by atoms with Crippen LogP contribution in [0.3, 0.4) is 0 Å². The van der Waals surface area contributed by atoms with Gasteiger partial charge in [-0.2, -0.15) is 5.10 Å². The number of aromatic nitrogens is 2. The SMILES string of the molecule is CCOC(=O)c1cnn(Cc2ccc(N)cc2Br)c1. The number of ether oxygens (including phenoxy) is 1. The molecule has 0 saturated heterocycles. The van der Waals surface area contributed by atoms with Gasteiger partial charge < -0.3 is 10.5 Å². The van der Waals surface area contributed by atoms with Crippen LogP contribution in [0.25, 0.3) is 0 Å². The molecule has 1 aromatic heterocycles. The Morgan fingerprint density at radius 1 is 1.53 bits per heavy atom. The molecule has 0 amide bonds. The van der Waals surface area contributed by atoms with Crippen molar-refractivity contribution in [1.29, 1.82) is 0 Å². The second-order valence-corrected chi connectivity index (χ2v) is 4.85. The number of carbonyl (C=O) groups is 1. The van der Waals surface area contributed by atoms with Crippen LogP contribution in [0.4, 0.5) is 5.69 Å². The zero-order chi connectivity index (χ0) is 13.8. The Labute approximate surface area is 119 Å². The number of rotatable bonds is 4. The standard InChI is InChI=1S/C13H14BrN3O2/c1-2-19-13(18)10-6-16-17(8-10)7-9-3-4-11(15)5-12(9)14/h3-6,8H,2,7,15H2,1H3. The smallest absolute Gasteiger partial charge is 0.341 e. The Bertz CT molecular complexity index is 595. The maximum absolute atomic E-state index is 11.5. The molecule has 0 saturated carbocycles. The van der Waals surface area contributed by atoms with E-state index in [2.05, 4.69) is 21.0 Å². The minimum absolute atomic E-state index is 0.355. The Kier molecular flexibility index (Phi) is 4.21. The van der Waals surface area contributed by atoms with Crippen LogP contribution in [-0.4, -0.2) is 22.4 Å². The minimum Gasteiger partial charge on any atom is -0.462 e. The van der Waals surface area contributed by atoms with Gasteiger partial charge in [0.25, 0.3) is 0 Å². The molecule has 1 heterocycles. The van der Waals surface area contributed by atoms with Crippen molar-refractivity contribution in [2.45, 2.75) is 13.5 Å². The van der Waals surface area contributed by atoms with Crippen LogP contribution in [-0.2, 0) is 11.3 Å². The van der Waals surface area contributed by atoms with Crippen LogP contribution < -0.4 is 5.73 Å². The summed E-state index contributed by atoms with van der Waals surface area (Å²) in [6.45, 7) is 2.68. The van der Waals surface area contributed by atoms with E-state index in [0.717, 1.165) is 10.0 Å². The molecule has 0 fully saturated rings. The summed E-state index contributed by atoms with van der Waals surface area (Å²) in [5, 5.41) is 4.14. The third kappa shape index (κ3) is 3.35. The second-order valence-electron chi connectivity index (χ2n) is 4.00. The van der Waals surface area contributed by atoms with Crippen LogP contribution in [0.15, 0.2) is 35.1 Å². The number of hydrogen-bond acceptors (Lipinski definition) is 4. The third-order valence-electron chi connectivity index (χ3n) is 2.55. The summed E-state index contributed by atoms with van der Waals surface area (Å²) < 4.78 is 7.51. The maximum atomic E-state index is 11.5. The van der Waals surface area contributed by atoms with Crippen molar-refractivity contribution >= 4 is 27.6 Å². The molecular weight excluding hydrogens is 310 g/mol. The van der Waals surface area contributed by atoms with Gasteiger partial charge in [-0.15, -0.1) is 0 Å². The van der Waals surface area contributed by atoms with E-state index in [1.165, 1.54) is 6.20 Å². The van der Waals surface area contributed by atoms with Gasteiger partial charge >= 0.3 is 5.97 Å². The Morgan fingerprint density at radius 2 is 2.32 bits per heavy atom. The first-order valence-electron chi connectivity index (χ1n) is 5.83. The first-order chi connectivity index (χ1) is 9.10. The fourth-order valence-electron chi connectivity index (χ4n) is 1.64. The number of nitrogens with two attached hydrogens (primary N) is 1. The van der Waals surface area contributed by atoms with Crippen LogP contribution >= 0.6 is 15.9 Å². The lowest BCUT2D eigenvalue weighted by Crippen LogP contribution is -2.04. The molecule has 6 heteroatoms. The van der Waals surface area contributed by atoms with E-state index in [1.54, 1.807) is 17.8 Å². The van der Waals surface area contributed by atoms with Crippen molar-refractivity contribution in [2.75, 3.05) is 12.3 Å². The van der Waals surface area contributed by atoms with Crippen LogP contribution in [0, 0.1) is 0 Å². The van der Waals surface area contributed by atoms with Crippen LogP contribution in [0.2, 0.25) is 0 Å². The van der Waals surface area contributed by atoms with Crippen molar-refractivity contribution in [1.82, 2.24) is 9.78 Å². The normalized spacial score (nSPS) is 10.4. The predicted octanol–water partition coefficient (Wildman–Crippen LogP) is 2.45. The number of nitrogens with zero attached hydrogens (tertiary/aromatic N) is 2. The molecule has 2 aromatic rings. The fraction of sp³-hybridized carbons (Fsp3) is 0.231. The predicted molar refractivity (Wildman–Crippen MR) is 75.8 cm³/mol. The lowest BCUT2D eigenvalue weighted by atomic mass is 10.2. The van der Waals surface area contributed by atoms with Gasteiger partial charge in [-0.25, -0.2) is 4.79 Å². The van der Waals surface area contributed by atoms with E-state index in [1.807, 2.05) is 18.2 Å². The van der Waals surface area contributed by atoms with E-state index in [-0.39, 0.29) is 5.97 Å². The number of carbonyl (C=O) groups excluding carboxylic acids is 1. The summed E-state index contributed by atoms with van der Waals surface area (Å²) in [4.78, 5) is 11.5. The molecule has 0 bridgehead atoms. The minimum atomic E-state index is -0.356. The topological polar surface area (TPSA) is 70.1 Å². The van der Waals surface area contributed by atoms with Gasteiger partial charge in [-0.3, -0.25) is 4.68 Å². The molecular formula is C13H14BrN3O2. The van der Waals surface area contributed by atoms with Gasteiger partial charge in [-0.05, 0) is 24.6 Å². The summed E-state index contributed by atoms with van der Waals surface area (Å²) in [5.41, 5.74) is 7.87. The molecule has 0 aliphatic rings. The first kappa shape index (κ1) is 13.6. The molecule has 19 heavy (non-hydrogen) atoms. The molecule has 5 nitrogen and oxygen atoms in total. The molecule has 1 aromatic carbocycles. The average Bonchev–Trinajstić information content (AvgIpc) is 2.82. The molecule has 0 spiro atoms. The van der Waals surface area contributed by atoms with Gasteiger partial charge in [0.05, 0.1) is 24.9 Å². The zero-order valence-electron chi connectivity index (χ0n) is 10.5. The molecule has 100 valence electrons. The highest BCUT2D eigenvalue weighted by atomic mass is 79.9. The average molecular weight is 324 g/mol. The van der Waals surface area contributed by atoms with Gasteiger partial charge in [-0.1, -0.05) is 22.0 Å². The number of benzene rings is 1. The molecule has 0 atom stereocenters. The lowest BCUT2D eigenvalue weighted by Gasteiger charge is -2.05. The highest BCUT2D eigenvalue weighted by molar-refractivity contribution is 9.10.